The summed E-state index contributed by atoms with van der Waals surface area (Å²) in [5.74, 6) is 0. The molecule has 6 heteroatoms. The quantitative estimate of drug-likeness (QED) is 0.450. The molecule has 0 rings (SSSR count). The molecular formula is C7H16KO4P. The Morgan fingerprint density at radius 3 is 1.92 bits per heavy atom. The van der Waals surface area contributed by atoms with Gasteiger partial charge in [-0.2, -0.15) is 0 Å². The van der Waals surface area contributed by atoms with Crippen molar-refractivity contribution in [2.24, 2.45) is 0 Å². The van der Waals surface area contributed by atoms with Crippen LogP contribution in [0, 0.1) is 0 Å². The molecule has 0 aromatic carbocycles. The SMILES string of the molecule is CC(C)OP(=O)([O-])OC(C)(C)C.[K+]. The molecule has 0 saturated heterocycles. The molecule has 0 radical (unpaired) electrons. The first-order chi connectivity index (χ1) is 5.12. The van der Waals surface area contributed by atoms with Crippen molar-refractivity contribution in [1.29, 1.82) is 0 Å². The minimum atomic E-state index is -4.12. The standard InChI is InChI=1S/C7H17O4P.K/c1-6(2)10-12(8,9)11-7(3,4)5;/h6H,1-5H3,(H,8,9);/q;+1/p-1. The Balaban J connectivity index is 0. The Morgan fingerprint density at radius 1 is 1.31 bits per heavy atom. The first-order valence-corrected chi connectivity index (χ1v) is 5.29. The summed E-state index contributed by atoms with van der Waals surface area (Å²) < 4.78 is 20.3. The van der Waals surface area contributed by atoms with Crippen molar-refractivity contribution in [2.75, 3.05) is 0 Å². The molecule has 0 spiro atoms. The fourth-order valence-corrected chi connectivity index (χ4v) is 1.85. The van der Waals surface area contributed by atoms with E-state index in [-0.39, 0.29) is 57.5 Å². The van der Waals surface area contributed by atoms with Crippen LogP contribution in [0.15, 0.2) is 0 Å². The number of hydrogen-bond acceptors (Lipinski definition) is 4. The predicted molar refractivity (Wildman–Crippen MR) is 44.7 cm³/mol. The van der Waals surface area contributed by atoms with E-state index in [1.54, 1.807) is 34.6 Å². The van der Waals surface area contributed by atoms with E-state index in [2.05, 4.69) is 4.52 Å². The molecule has 0 aromatic rings. The van der Waals surface area contributed by atoms with E-state index in [9.17, 15) is 9.46 Å². The van der Waals surface area contributed by atoms with E-state index in [1.165, 1.54) is 0 Å². The molecule has 1 unspecified atom stereocenters. The Kier molecular flexibility index (Phi) is 8.38. The second kappa shape index (κ2) is 6.36. The van der Waals surface area contributed by atoms with Crippen molar-refractivity contribution < 1.29 is 69.9 Å². The Bertz CT molecular complexity index is 187. The largest absolute Gasteiger partial charge is 1.00 e. The van der Waals surface area contributed by atoms with E-state index in [0.29, 0.717) is 0 Å². The van der Waals surface area contributed by atoms with Crippen molar-refractivity contribution in [3.8, 4) is 0 Å². The van der Waals surface area contributed by atoms with Crippen molar-refractivity contribution >= 4 is 7.82 Å². The molecule has 0 aliphatic heterocycles. The van der Waals surface area contributed by atoms with Crippen LogP contribution in [0.1, 0.15) is 34.6 Å². The molecule has 0 bridgehead atoms. The molecule has 0 N–H and O–H groups in total. The molecule has 1 atom stereocenters. The number of phosphoric acid groups is 1. The summed E-state index contributed by atoms with van der Waals surface area (Å²) in [6, 6.07) is 0. The van der Waals surface area contributed by atoms with E-state index in [4.69, 9.17) is 4.52 Å². The van der Waals surface area contributed by atoms with Crippen LogP contribution >= 0.6 is 7.82 Å². The maximum absolute atomic E-state index is 11.0. The van der Waals surface area contributed by atoms with Gasteiger partial charge in [0.1, 0.15) is 0 Å². The van der Waals surface area contributed by atoms with Gasteiger partial charge in [0.05, 0.1) is 11.7 Å². The molecule has 0 heterocycles. The van der Waals surface area contributed by atoms with E-state index >= 15 is 0 Å². The van der Waals surface area contributed by atoms with Crippen LogP contribution in [-0.4, -0.2) is 11.7 Å². The van der Waals surface area contributed by atoms with Crippen molar-refractivity contribution in [3.63, 3.8) is 0 Å². The smallest absolute Gasteiger partial charge is 0.756 e. The zero-order valence-electron chi connectivity index (χ0n) is 9.16. The van der Waals surface area contributed by atoms with Crippen LogP contribution in [-0.2, 0) is 13.6 Å². The fourth-order valence-electron chi connectivity index (χ4n) is 0.615. The van der Waals surface area contributed by atoms with Crippen molar-refractivity contribution in [3.05, 3.63) is 0 Å². The second-order valence-electron chi connectivity index (χ2n) is 3.81. The zero-order chi connectivity index (χ0) is 9.99. The third kappa shape index (κ3) is 11.7. The van der Waals surface area contributed by atoms with Gasteiger partial charge >= 0.3 is 51.4 Å². The molecule has 0 aromatic heterocycles. The van der Waals surface area contributed by atoms with Gasteiger partial charge in [0.2, 0.25) is 0 Å². The van der Waals surface area contributed by atoms with E-state index in [0.717, 1.165) is 0 Å². The summed E-state index contributed by atoms with van der Waals surface area (Å²) in [7, 11) is -4.12. The van der Waals surface area contributed by atoms with Crippen LogP contribution in [0.3, 0.4) is 0 Å². The first-order valence-electron chi connectivity index (χ1n) is 3.82. The molecular weight excluding hydrogens is 218 g/mol. The van der Waals surface area contributed by atoms with Gasteiger partial charge in [-0.15, -0.1) is 0 Å². The third-order valence-electron chi connectivity index (χ3n) is 0.726. The van der Waals surface area contributed by atoms with Gasteiger partial charge < -0.3 is 13.9 Å². The summed E-state index contributed by atoms with van der Waals surface area (Å²) >= 11 is 0. The first kappa shape index (κ1) is 17.2. The third-order valence-corrected chi connectivity index (χ3v) is 2.18. The van der Waals surface area contributed by atoms with Crippen LogP contribution in [0.25, 0.3) is 0 Å². The molecule has 0 fully saturated rings. The van der Waals surface area contributed by atoms with Gasteiger partial charge in [0.15, 0.2) is 0 Å². The van der Waals surface area contributed by atoms with Gasteiger partial charge in [-0.3, -0.25) is 4.57 Å². The van der Waals surface area contributed by atoms with Crippen LogP contribution in [0.4, 0.5) is 0 Å². The normalized spacial score (nSPS) is 16.5. The molecule has 0 amide bonds. The molecule has 0 aliphatic rings. The van der Waals surface area contributed by atoms with Crippen LogP contribution in [0.5, 0.6) is 0 Å². The minimum absolute atomic E-state index is 0. The van der Waals surface area contributed by atoms with Gasteiger partial charge in [-0.1, -0.05) is 0 Å². The molecule has 13 heavy (non-hydrogen) atoms. The molecule has 0 saturated carbocycles. The van der Waals surface area contributed by atoms with Gasteiger partial charge in [0, 0.05) is 0 Å². The summed E-state index contributed by atoms with van der Waals surface area (Å²) in [6.07, 6.45) is -0.379. The number of rotatable bonds is 3. The van der Waals surface area contributed by atoms with Crippen molar-refractivity contribution in [2.45, 2.75) is 46.3 Å². The predicted octanol–water partition coefficient (Wildman–Crippen LogP) is -1.30. The molecule has 0 aliphatic carbocycles. The van der Waals surface area contributed by atoms with Crippen LogP contribution < -0.4 is 56.3 Å². The topological polar surface area (TPSA) is 58.6 Å². The maximum Gasteiger partial charge on any atom is 1.00 e. The molecule has 4 nitrogen and oxygen atoms in total. The monoisotopic (exact) mass is 234 g/mol. The summed E-state index contributed by atoms with van der Waals surface area (Å²) in [5.41, 5.74) is -0.730. The average molecular weight is 234 g/mol. The Labute approximate surface area is 122 Å². The molecule has 74 valence electrons. The number of hydrogen-bond donors (Lipinski definition) is 0. The maximum atomic E-state index is 11.0. The average Bonchev–Trinajstić information content (AvgIpc) is 1.48. The van der Waals surface area contributed by atoms with Crippen LogP contribution in [0.2, 0.25) is 0 Å². The van der Waals surface area contributed by atoms with E-state index < -0.39 is 13.4 Å². The van der Waals surface area contributed by atoms with Gasteiger partial charge in [0.25, 0.3) is 7.82 Å². The zero-order valence-corrected chi connectivity index (χ0v) is 13.2. The minimum Gasteiger partial charge on any atom is -0.756 e. The van der Waals surface area contributed by atoms with E-state index in [1.807, 2.05) is 0 Å². The summed E-state index contributed by atoms with van der Waals surface area (Å²) in [5, 5.41) is 0. The van der Waals surface area contributed by atoms with Gasteiger partial charge in [-0.25, -0.2) is 0 Å². The Morgan fingerprint density at radius 2 is 1.69 bits per heavy atom. The summed E-state index contributed by atoms with van der Waals surface area (Å²) in [4.78, 5) is 11.0. The second-order valence-corrected chi connectivity index (χ2v) is 5.09. The van der Waals surface area contributed by atoms with Crippen molar-refractivity contribution in [1.82, 2.24) is 0 Å². The van der Waals surface area contributed by atoms with Gasteiger partial charge in [-0.05, 0) is 34.6 Å². The summed E-state index contributed by atoms with van der Waals surface area (Å²) in [6.45, 7) is 8.23. The fraction of sp³-hybridized carbons (Fsp3) is 1.00. The number of phosphoric ester groups is 1. The Hall–Kier alpha value is 1.75.